The Hall–Kier alpha value is -1.07. The minimum absolute atomic E-state index is 0.386. The second-order valence-corrected chi connectivity index (χ2v) is 4.25. The average Bonchev–Trinajstić information content (AvgIpc) is 2.23. The lowest BCUT2D eigenvalue weighted by Crippen LogP contribution is -2.40. The summed E-state index contributed by atoms with van der Waals surface area (Å²) in [7, 11) is 1.75. The van der Waals surface area contributed by atoms with Gasteiger partial charge < -0.3 is 10.1 Å². The minimum atomic E-state index is 0.386. The van der Waals surface area contributed by atoms with E-state index in [1.165, 1.54) is 0 Å². The minimum Gasteiger partial charge on any atom is -0.381 e. The molecule has 1 aromatic heterocycles. The predicted octanol–water partition coefficient (Wildman–Crippen LogP) is 1.72. The summed E-state index contributed by atoms with van der Waals surface area (Å²) >= 11 is 4.93. The Morgan fingerprint density at radius 1 is 1.56 bits per heavy atom. The van der Waals surface area contributed by atoms with Gasteiger partial charge in [-0.25, -0.2) is 9.97 Å². The molecule has 1 aromatic rings. The Balaban J connectivity index is 2.03. The quantitative estimate of drug-likeness (QED) is 0.808. The van der Waals surface area contributed by atoms with E-state index in [1.54, 1.807) is 18.7 Å². The summed E-state index contributed by atoms with van der Waals surface area (Å²) in [5, 5.41) is 4.98. The van der Waals surface area contributed by atoms with Crippen molar-refractivity contribution in [3.8, 4) is 0 Å². The van der Waals surface area contributed by atoms with Crippen molar-refractivity contribution in [2.75, 3.05) is 12.4 Å². The molecule has 0 amide bonds. The van der Waals surface area contributed by atoms with Crippen molar-refractivity contribution in [2.45, 2.75) is 31.9 Å². The fourth-order valence-electron chi connectivity index (χ4n) is 1.75. The van der Waals surface area contributed by atoms with Gasteiger partial charge in [0.15, 0.2) is 0 Å². The molecule has 0 radical (unpaired) electrons. The van der Waals surface area contributed by atoms with Crippen LogP contribution in [0.3, 0.4) is 0 Å². The van der Waals surface area contributed by atoms with Gasteiger partial charge in [0, 0.05) is 30.3 Å². The van der Waals surface area contributed by atoms with Crippen LogP contribution in [0.15, 0.2) is 6.20 Å². The largest absolute Gasteiger partial charge is 0.381 e. The number of aromatic nitrogens is 2. The van der Waals surface area contributed by atoms with Gasteiger partial charge in [0.1, 0.15) is 11.6 Å². The molecule has 0 bridgehead atoms. The summed E-state index contributed by atoms with van der Waals surface area (Å²) in [5.74, 6) is 1.59. The predicted molar refractivity (Wildman–Crippen MR) is 67.0 cm³/mol. The van der Waals surface area contributed by atoms with Crippen LogP contribution < -0.4 is 5.32 Å². The highest BCUT2D eigenvalue weighted by molar-refractivity contribution is 7.79. The van der Waals surface area contributed by atoms with Crippen molar-refractivity contribution in [3.05, 3.63) is 17.6 Å². The highest BCUT2D eigenvalue weighted by Crippen LogP contribution is 2.26. The Labute approximate surface area is 100 Å². The van der Waals surface area contributed by atoms with E-state index in [9.17, 15) is 0 Å². The molecule has 0 unspecified atom stereocenters. The number of ether oxygens (including phenoxy) is 1. The molecular formula is C11H15N3OS. The molecule has 1 aliphatic rings. The van der Waals surface area contributed by atoms with E-state index in [-0.39, 0.29) is 0 Å². The van der Waals surface area contributed by atoms with Gasteiger partial charge in [-0.1, -0.05) is 12.2 Å². The Bertz CT molecular complexity index is 391. The van der Waals surface area contributed by atoms with E-state index >= 15 is 0 Å². The van der Waals surface area contributed by atoms with Crippen LogP contribution in [0.2, 0.25) is 0 Å². The van der Waals surface area contributed by atoms with Crippen LogP contribution in [-0.4, -0.2) is 34.6 Å². The molecule has 4 nitrogen and oxygen atoms in total. The van der Waals surface area contributed by atoms with Gasteiger partial charge in [-0.2, -0.15) is 0 Å². The monoisotopic (exact) mass is 237 g/mol. The van der Waals surface area contributed by atoms with Gasteiger partial charge in [0.2, 0.25) is 0 Å². The third-order valence-electron chi connectivity index (χ3n) is 2.83. The lowest BCUT2D eigenvalue weighted by Gasteiger charge is -2.35. The molecule has 0 aliphatic heterocycles. The fraction of sp³-hybridized carbons (Fsp3) is 0.545. The Kier molecular flexibility index (Phi) is 3.46. The van der Waals surface area contributed by atoms with Gasteiger partial charge in [-0.15, -0.1) is 0 Å². The van der Waals surface area contributed by atoms with E-state index in [0.29, 0.717) is 12.1 Å². The molecule has 1 heterocycles. The maximum Gasteiger partial charge on any atom is 0.138 e. The standard InChI is InChI=1S/C11H15N3OS/c1-7-12-5-8(6-16)11(13-7)14-9-3-10(4-9)15-2/h5-6,9-10H,3-4H2,1-2H3,(H,12,13,14). The first-order valence-electron chi connectivity index (χ1n) is 5.31. The summed E-state index contributed by atoms with van der Waals surface area (Å²) in [4.78, 5) is 8.47. The number of rotatable bonds is 4. The maximum absolute atomic E-state index is 5.23. The number of thiocarbonyl (C=S) groups is 1. The summed E-state index contributed by atoms with van der Waals surface area (Å²) in [5.41, 5.74) is 0.876. The van der Waals surface area contributed by atoms with Crippen LogP contribution in [0, 0.1) is 6.92 Å². The van der Waals surface area contributed by atoms with Crippen molar-refractivity contribution in [3.63, 3.8) is 0 Å². The van der Waals surface area contributed by atoms with E-state index < -0.39 is 0 Å². The van der Waals surface area contributed by atoms with Crippen molar-refractivity contribution in [1.29, 1.82) is 0 Å². The first-order chi connectivity index (χ1) is 7.72. The molecule has 16 heavy (non-hydrogen) atoms. The van der Waals surface area contributed by atoms with E-state index in [1.807, 2.05) is 6.92 Å². The molecule has 5 heteroatoms. The van der Waals surface area contributed by atoms with Crippen molar-refractivity contribution in [1.82, 2.24) is 9.97 Å². The second-order valence-electron chi connectivity index (χ2n) is 4.01. The summed E-state index contributed by atoms with van der Waals surface area (Å²) < 4.78 is 5.23. The third-order valence-corrected chi connectivity index (χ3v) is 3.09. The Morgan fingerprint density at radius 3 is 2.94 bits per heavy atom. The van der Waals surface area contributed by atoms with Crippen LogP contribution in [0.4, 0.5) is 5.82 Å². The Morgan fingerprint density at radius 2 is 2.31 bits per heavy atom. The first kappa shape index (κ1) is 11.4. The number of aryl methyl sites for hydroxylation is 1. The van der Waals surface area contributed by atoms with Crippen LogP contribution in [0.5, 0.6) is 0 Å². The van der Waals surface area contributed by atoms with E-state index in [0.717, 1.165) is 30.0 Å². The molecule has 1 aliphatic carbocycles. The molecule has 0 spiro atoms. The van der Waals surface area contributed by atoms with E-state index in [4.69, 9.17) is 17.0 Å². The topological polar surface area (TPSA) is 47.0 Å². The third kappa shape index (κ3) is 2.36. The maximum atomic E-state index is 5.23. The zero-order valence-corrected chi connectivity index (χ0v) is 10.3. The van der Waals surface area contributed by atoms with Gasteiger partial charge >= 0.3 is 0 Å². The number of nitrogens with zero attached hydrogens (tertiary/aromatic N) is 2. The molecule has 86 valence electrons. The fourth-order valence-corrected chi connectivity index (χ4v) is 1.92. The van der Waals surface area contributed by atoms with Crippen LogP contribution in [0.1, 0.15) is 24.2 Å². The number of methoxy groups -OCH3 is 1. The molecule has 0 atom stereocenters. The second kappa shape index (κ2) is 4.84. The lowest BCUT2D eigenvalue weighted by molar-refractivity contribution is 0.0328. The number of anilines is 1. The van der Waals surface area contributed by atoms with Gasteiger partial charge in [0.05, 0.1) is 6.10 Å². The average molecular weight is 237 g/mol. The number of hydrogen-bond donors (Lipinski definition) is 1. The summed E-state index contributed by atoms with van der Waals surface area (Å²) in [6, 6.07) is 0.438. The number of nitrogens with one attached hydrogen (secondary N) is 1. The SMILES string of the molecule is COC1CC(Nc2nc(C)ncc2C=S)C1. The molecule has 1 fully saturated rings. The van der Waals surface area contributed by atoms with Crippen LogP contribution >= 0.6 is 12.2 Å². The summed E-state index contributed by atoms with van der Waals surface area (Å²) in [6.07, 6.45) is 4.19. The van der Waals surface area contributed by atoms with Gasteiger partial charge in [0.25, 0.3) is 0 Å². The highest BCUT2D eigenvalue weighted by atomic mass is 32.1. The normalized spacial score (nSPS) is 23.6. The molecular weight excluding hydrogens is 222 g/mol. The summed E-state index contributed by atoms with van der Waals surface area (Å²) in [6.45, 7) is 1.87. The molecule has 0 saturated heterocycles. The molecule has 1 saturated carbocycles. The number of hydrogen-bond acceptors (Lipinski definition) is 5. The zero-order chi connectivity index (χ0) is 11.5. The highest BCUT2D eigenvalue weighted by Gasteiger charge is 2.29. The van der Waals surface area contributed by atoms with Crippen LogP contribution in [0.25, 0.3) is 0 Å². The van der Waals surface area contributed by atoms with Crippen molar-refractivity contribution >= 4 is 23.4 Å². The zero-order valence-electron chi connectivity index (χ0n) is 9.43. The van der Waals surface area contributed by atoms with Crippen LogP contribution in [-0.2, 0) is 4.74 Å². The molecule has 1 N–H and O–H groups in total. The van der Waals surface area contributed by atoms with E-state index in [2.05, 4.69) is 15.3 Å². The van der Waals surface area contributed by atoms with Crippen molar-refractivity contribution < 1.29 is 4.74 Å². The first-order valence-corrected chi connectivity index (χ1v) is 5.78. The van der Waals surface area contributed by atoms with Gasteiger partial charge in [-0.05, 0) is 19.8 Å². The smallest absolute Gasteiger partial charge is 0.138 e. The lowest BCUT2D eigenvalue weighted by atomic mass is 9.89. The molecule has 2 rings (SSSR count). The van der Waals surface area contributed by atoms with Crippen molar-refractivity contribution in [2.24, 2.45) is 0 Å². The van der Waals surface area contributed by atoms with Gasteiger partial charge in [-0.3, -0.25) is 0 Å². The molecule has 0 aromatic carbocycles.